The second-order valence-corrected chi connectivity index (χ2v) is 9.61. The highest BCUT2D eigenvalue weighted by atomic mass is 16.1. The molecular weight excluding hydrogens is 358 g/mol. The van der Waals surface area contributed by atoms with Crippen molar-refractivity contribution in [3.8, 4) is 0 Å². The fraction of sp³-hybridized carbons (Fsp3) is 0.720. The molecule has 3 fully saturated rings. The number of carbonyl (C=O) groups is 1. The van der Waals surface area contributed by atoms with E-state index in [9.17, 15) is 4.79 Å². The first-order chi connectivity index (χ1) is 14.2. The van der Waals surface area contributed by atoms with Gasteiger partial charge in [0.05, 0.1) is 0 Å². The van der Waals surface area contributed by atoms with Gasteiger partial charge in [0, 0.05) is 18.0 Å². The number of amides is 1. The standard InChI is InChI=1S/C25H39N3O/c1-20(22-9-10-22)26-25(29)23-11-18-28(19-12-23)24-13-16-27(17-14-24)15-5-8-21-6-3-2-4-7-21/h2-4,6-7,20,22-24H,5,8-19H2,1H3,(H,26,29)/t20-/m0/s1. The highest BCUT2D eigenvalue weighted by Crippen LogP contribution is 2.33. The molecule has 1 atom stereocenters. The summed E-state index contributed by atoms with van der Waals surface area (Å²) in [5, 5.41) is 3.28. The van der Waals surface area contributed by atoms with Crippen LogP contribution >= 0.6 is 0 Å². The van der Waals surface area contributed by atoms with Gasteiger partial charge in [0.1, 0.15) is 0 Å². The third kappa shape index (κ3) is 6.05. The van der Waals surface area contributed by atoms with E-state index in [1.54, 1.807) is 0 Å². The van der Waals surface area contributed by atoms with Crippen molar-refractivity contribution in [3.05, 3.63) is 35.9 Å². The van der Waals surface area contributed by atoms with Crippen molar-refractivity contribution in [2.24, 2.45) is 11.8 Å². The van der Waals surface area contributed by atoms with Crippen LogP contribution in [0.1, 0.15) is 57.4 Å². The number of aryl methyl sites for hydroxylation is 1. The van der Waals surface area contributed by atoms with Crippen LogP contribution in [-0.4, -0.2) is 60.5 Å². The fourth-order valence-corrected chi connectivity index (χ4v) is 5.24. The number of hydrogen-bond acceptors (Lipinski definition) is 3. The lowest BCUT2D eigenvalue weighted by Crippen LogP contribution is -2.50. The topological polar surface area (TPSA) is 35.6 Å². The van der Waals surface area contributed by atoms with Crippen LogP contribution in [0.5, 0.6) is 0 Å². The number of carbonyl (C=O) groups excluding carboxylic acids is 1. The number of benzene rings is 1. The van der Waals surface area contributed by atoms with Crippen LogP contribution in [0.3, 0.4) is 0 Å². The van der Waals surface area contributed by atoms with E-state index in [0.717, 1.165) is 37.9 Å². The summed E-state index contributed by atoms with van der Waals surface area (Å²) in [6, 6.07) is 12.0. The molecule has 1 amide bonds. The second-order valence-electron chi connectivity index (χ2n) is 9.61. The van der Waals surface area contributed by atoms with E-state index >= 15 is 0 Å². The maximum Gasteiger partial charge on any atom is 0.223 e. The Bertz CT molecular complexity index is 629. The lowest BCUT2D eigenvalue weighted by atomic mass is 9.92. The SMILES string of the molecule is C[C@H](NC(=O)C1CCN(C2CCN(CCCc3ccccc3)CC2)CC1)C1CC1. The van der Waals surface area contributed by atoms with Gasteiger partial charge >= 0.3 is 0 Å². The number of nitrogens with zero attached hydrogens (tertiary/aromatic N) is 2. The maximum absolute atomic E-state index is 12.5. The van der Waals surface area contributed by atoms with Gasteiger partial charge in [-0.3, -0.25) is 4.79 Å². The molecule has 1 aliphatic carbocycles. The molecule has 0 radical (unpaired) electrons. The zero-order valence-corrected chi connectivity index (χ0v) is 18.2. The van der Waals surface area contributed by atoms with Crippen LogP contribution in [0.25, 0.3) is 0 Å². The van der Waals surface area contributed by atoms with Crippen LogP contribution in [0.2, 0.25) is 0 Å². The number of rotatable bonds is 8. The van der Waals surface area contributed by atoms with Crippen LogP contribution in [0.4, 0.5) is 0 Å². The quantitative estimate of drug-likeness (QED) is 0.726. The van der Waals surface area contributed by atoms with Gasteiger partial charge in [-0.25, -0.2) is 0 Å². The van der Waals surface area contributed by atoms with Crippen molar-refractivity contribution in [3.63, 3.8) is 0 Å². The monoisotopic (exact) mass is 397 g/mol. The molecule has 4 rings (SSSR count). The predicted octanol–water partition coefficient (Wildman–Crippen LogP) is 3.71. The predicted molar refractivity (Wildman–Crippen MR) is 119 cm³/mol. The summed E-state index contributed by atoms with van der Waals surface area (Å²) in [4.78, 5) is 17.9. The molecule has 2 aliphatic heterocycles. The molecule has 4 heteroatoms. The Morgan fingerprint density at radius 2 is 1.69 bits per heavy atom. The minimum Gasteiger partial charge on any atom is -0.353 e. The molecule has 3 aliphatic rings. The summed E-state index contributed by atoms with van der Waals surface area (Å²) in [7, 11) is 0. The van der Waals surface area contributed by atoms with E-state index in [-0.39, 0.29) is 5.92 Å². The molecule has 0 aromatic heterocycles. The highest BCUT2D eigenvalue weighted by Gasteiger charge is 2.33. The third-order valence-corrected chi connectivity index (χ3v) is 7.46. The van der Waals surface area contributed by atoms with Crippen molar-refractivity contribution in [2.45, 2.75) is 70.4 Å². The molecule has 2 saturated heterocycles. The molecular formula is C25H39N3O. The summed E-state index contributed by atoms with van der Waals surface area (Å²) in [5.74, 6) is 1.31. The largest absolute Gasteiger partial charge is 0.353 e. The minimum absolute atomic E-state index is 0.241. The van der Waals surface area contributed by atoms with Crippen molar-refractivity contribution >= 4 is 5.91 Å². The van der Waals surface area contributed by atoms with Crippen LogP contribution in [0.15, 0.2) is 30.3 Å². The van der Waals surface area contributed by atoms with E-state index in [1.807, 2.05) is 0 Å². The second kappa shape index (κ2) is 10.1. The minimum atomic E-state index is 0.241. The van der Waals surface area contributed by atoms with Gasteiger partial charge in [-0.1, -0.05) is 30.3 Å². The fourth-order valence-electron chi connectivity index (χ4n) is 5.24. The normalized spacial score (nSPS) is 23.8. The van der Waals surface area contributed by atoms with Crippen LogP contribution in [0, 0.1) is 11.8 Å². The van der Waals surface area contributed by atoms with E-state index in [0.29, 0.717) is 11.9 Å². The van der Waals surface area contributed by atoms with E-state index in [2.05, 4.69) is 52.4 Å². The van der Waals surface area contributed by atoms with E-state index in [4.69, 9.17) is 0 Å². The Morgan fingerprint density at radius 3 is 2.34 bits per heavy atom. The molecule has 2 heterocycles. The maximum atomic E-state index is 12.5. The summed E-state index contributed by atoms with van der Waals surface area (Å²) >= 11 is 0. The zero-order chi connectivity index (χ0) is 20.1. The smallest absolute Gasteiger partial charge is 0.223 e. The number of likely N-dealkylation sites (tertiary alicyclic amines) is 2. The Hall–Kier alpha value is -1.39. The zero-order valence-electron chi connectivity index (χ0n) is 18.2. The summed E-state index contributed by atoms with van der Waals surface area (Å²) in [6.07, 6.45) is 9.71. The molecule has 1 saturated carbocycles. The molecule has 160 valence electrons. The lowest BCUT2D eigenvalue weighted by molar-refractivity contribution is -0.127. The summed E-state index contributed by atoms with van der Waals surface area (Å²) < 4.78 is 0. The first kappa shape index (κ1) is 20.9. The summed E-state index contributed by atoms with van der Waals surface area (Å²) in [5.41, 5.74) is 1.46. The number of piperidine rings is 2. The van der Waals surface area contributed by atoms with Gasteiger partial charge in [0.2, 0.25) is 5.91 Å². The van der Waals surface area contributed by atoms with Crippen molar-refractivity contribution in [2.75, 3.05) is 32.7 Å². The van der Waals surface area contributed by atoms with Crippen molar-refractivity contribution in [1.29, 1.82) is 0 Å². The molecule has 0 bridgehead atoms. The van der Waals surface area contributed by atoms with Crippen LogP contribution < -0.4 is 5.32 Å². The summed E-state index contributed by atoms with van der Waals surface area (Å²) in [6.45, 7) is 8.09. The Balaban J connectivity index is 1.11. The first-order valence-corrected chi connectivity index (χ1v) is 12.0. The Morgan fingerprint density at radius 1 is 1.00 bits per heavy atom. The Labute approximate surface area is 177 Å². The van der Waals surface area contributed by atoms with Crippen molar-refractivity contribution < 1.29 is 4.79 Å². The molecule has 0 spiro atoms. The van der Waals surface area contributed by atoms with Crippen LogP contribution in [-0.2, 0) is 11.2 Å². The van der Waals surface area contributed by atoms with Gasteiger partial charge < -0.3 is 15.1 Å². The van der Waals surface area contributed by atoms with Gasteiger partial charge in [0.15, 0.2) is 0 Å². The number of nitrogens with one attached hydrogen (secondary N) is 1. The Kier molecular flexibility index (Phi) is 7.25. The van der Waals surface area contributed by atoms with Gasteiger partial charge in [-0.2, -0.15) is 0 Å². The average Bonchev–Trinajstić information content (AvgIpc) is 3.61. The molecule has 4 nitrogen and oxygen atoms in total. The molecule has 29 heavy (non-hydrogen) atoms. The van der Waals surface area contributed by atoms with Gasteiger partial charge in [-0.15, -0.1) is 0 Å². The highest BCUT2D eigenvalue weighted by molar-refractivity contribution is 5.79. The average molecular weight is 398 g/mol. The van der Waals surface area contributed by atoms with Crippen molar-refractivity contribution in [1.82, 2.24) is 15.1 Å². The molecule has 1 N–H and O–H groups in total. The molecule has 1 aromatic rings. The van der Waals surface area contributed by atoms with E-state index in [1.165, 1.54) is 63.7 Å². The third-order valence-electron chi connectivity index (χ3n) is 7.46. The lowest BCUT2D eigenvalue weighted by Gasteiger charge is -2.41. The number of hydrogen-bond donors (Lipinski definition) is 1. The van der Waals surface area contributed by atoms with Gasteiger partial charge in [-0.05, 0) is 102 Å². The van der Waals surface area contributed by atoms with E-state index < -0.39 is 0 Å². The molecule has 0 unspecified atom stereocenters. The first-order valence-electron chi connectivity index (χ1n) is 12.0. The molecule has 1 aromatic carbocycles. The van der Waals surface area contributed by atoms with Gasteiger partial charge in [0.25, 0.3) is 0 Å².